The highest BCUT2D eigenvalue weighted by Gasteiger charge is 2.07. The molecule has 0 aliphatic rings. The Kier molecular flexibility index (Phi) is 4.36. The molecule has 0 aromatic heterocycles. The summed E-state index contributed by atoms with van der Waals surface area (Å²) in [5, 5.41) is 1.23. The number of aryl methyl sites for hydroxylation is 2. The fraction of sp³-hybridized carbons (Fsp3) is 0.250. The predicted octanol–water partition coefficient (Wildman–Crippen LogP) is 5.81. The molecule has 2 rings (SSSR count). The summed E-state index contributed by atoms with van der Waals surface area (Å²) in [5.41, 5.74) is 4.00. The Balaban J connectivity index is 2.13. The number of hydrogen-bond donors (Lipinski definition) is 0. The average molecular weight is 277 g/mol. The fourth-order valence-corrected chi connectivity index (χ4v) is 3.01. The third-order valence-electron chi connectivity index (χ3n) is 3.13. The first-order valence-electron chi connectivity index (χ1n) is 6.05. The summed E-state index contributed by atoms with van der Waals surface area (Å²) in [6, 6.07) is 14.7. The topological polar surface area (TPSA) is 0 Å². The second-order valence-corrected chi connectivity index (χ2v) is 6.41. The first kappa shape index (κ1) is 13.5. The zero-order valence-electron chi connectivity index (χ0n) is 10.9. The normalized spacial score (nSPS) is 12.4. The Morgan fingerprint density at radius 2 is 1.61 bits per heavy atom. The molecule has 0 aliphatic heterocycles. The Hall–Kier alpha value is -0.920. The molecule has 94 valence electrons. The summed E-state index contributed by atoms with van der Waals surface area (Å²) >= 11 is 7.79. The number of hydrogen-bond acceptors (Lipinski definition) is 1. The first-order chi connectivity index (χ1) is 8.56. The summed E-state index contributed by atoms with van der Waals surface area (Å²) in [7, 11) is 0. The minimum atomic E-state index is 0.435. The largest absolute Gasteiger partial charge is 0.118 e. The van der Waals surface area contributed by atoms with Crippen LogP contribution in [0.25, 0.3) is 0 Å². The van der Waals surface area contributed by atoms with Gasteiger partial charge in [0.25, 0.3) is 0 Å². The molecule has 0 radical (unpaired) electrons. The van der Waals surface area contributed by atoms with Gasteiger partial charge in [0.05, 0.1) is 0 Å². The molecule has 0 saturated heterocycles. The number of rotatable bonds is 3. The zero-order chi connectivity index (χ0) is 13.1. The van der Waals surface area contributed by atoms with Crippen molar-refractivity contribution in [2.75, 3.05) is 0 Å². The van der Waals surface area contributed by atoms with Crippen LogP contribution in [0.1, 0.15) is 28.9 Å². The van der Waals surface area contributed by atoms with E-state index in [1.54, 1.807) is 0 Å². The van der Waals surface area contributed by atoms with Gasteiger partial charge in [0.15, 0.2) is 0 Å². The molecule has 0 fully saturated rings. The van der Waals surface area contributed by atoms with E-state index in [1.165, 1.54) is 21.6 Å². The number of benzene rings is 2. The highest BCUT2D eigenvalue weighted by Crippen LogP contribution is 2.35. The van der Waals surface area contributed by atoms with Gasteiger partial charge >= 0.3 is 0 Å². The van der Waals surface area contributed by atoms with Crippen molar-refractivity contribution in [2.24, 2.45) is 0 Å². The zero-order valence-corrected chi connectivity index (χ0v) is 12.5. The Bertz CT molecular complexity index is 531. The van der Waals surface area contributed by atoms with Crippen LogP contribution >= 0.6 is 23.4 Å². The lowest BCUT2D eigenvalue weighted by molar-refractivity contribution is 1.09. The van der Waals surface area contributed by atoms with Gasteiger partial charge in [-0.25, -0.2) is 0 Å². The summed E-state index contributed by atoms with van der Waals surface area (Å²) in [4.78, 5) is 1.32. The third-order valence-corrected chi connectivity index (χ3v) is 4.53. The van der Waals surface area contributed by atoms with Crippen molar-refractivity contribution in [1.82, 2.24) is 0 Å². The molecule has 0 bridgehead atoms. The molecule has 0 spiro atoms. The molecule has 0 heterocycles. The summed E-state index contributed by atoms with van der Waals surface area (Å²) in [5.74, 6) is 0. The summed E-state index contributed by atoms with van der Waals surface area (Å²) in [6.45, 7) is 6.53. The lowest BCUT2D eigenvalue weighted by Gasteiger charge is -2.12. The van der Waals surface area contributed by atoms with E-state index >= 15 is 0 Å². The molecule has 1 unspecified atom stereocenters. The van der Waals surface area contributed by atoms with Crippen LogP contribution in [0.5, 0.6) is 0 Å². The molecule has 1 atom stereocenters. The van der Waals surface area contributed by atoms with Gasteiger partial charge in [0.1, 0.15) is 0 Å². The predicted molar refractivity (Wildman–Crippen MR) is 81.6 cm³/mol. The number of thioether (sulfide) groups is 1. The van der Waals surface area contributed by atoms with E-state index in [0.29, 0.717) is 5.25 Å². The van der Waals surface area contributed by atoms with Crippen molar-refractivity contribution in [3.05, 3.63) is 64.2 Å². The van der Waals surface area contributed by atoms with E-state index in [4.69, 9.17) is 11.6 Å². The van der Waals surface area contributed by atoms with E-state index in [-0.39, 0.29) is 0 Å². The van der Waals surface area contributed by atoms with Crippen molar-refractivity contribution in [1.29, 1.82) is 0 Å². The Morgan fingerprint density at radius 1 is 0.944 bits per heavy atom. The fourth-order valence-electron chi connectivity index (χ4n) is 1.79. The molecular formula is C16H17ClS. The molecule has 0 N–H and O–H groups in total. The van der Waals surface area contributed by atoms with Gasteiger partial charge in [0.2, 0.25) is 0 Å². The molecule has 2 aromatic rings. The maximum atomic E-state index is 5.91. The lowest BCUT2D eigenvalue weighted by atomic mass is 10.1. The van der Waals surface area contributed by atoms with E-state index in [1.807, 2.05) is 23.9 Å². The first-order valence-corrected chi connectivity index (χ1v) is 7.31. The van der Waals surface area contributed by atoms with Crippen LogP contribution in [0.3, 0.4) is 0 Å². The second-order valence-electron chi connectivity index (χ2n) is 4.56. The molecule has 0 saturated carbocycles. The van der Waals surface area contributed by atoms with Gasteiger partial charge in [-0.05, 0) is 61.7 Å². The minimum absolute atomic E-state index is 0.435. The van der Waals surface area contributed by atoms with Crippen LogP contribution in [0.15, 0.2) is 47.4 Å². The molecule has 0 nitrogen and oxygen atoms in total. The van der Waals surface area contributed by atoms with Gasteiger partial charge in [-0.2, -0.15) is 0 Å². The van der Waals surface area contributed by atoms with Crippen LogP contribution in [0.2, 0.25) is 5.02 Å². The quantitative estimate of drug-likeness (QED) is 0.638. The van der Waals surface area contributed by atoms with E-state index in [9.17, 15) is 0 Å². The highest BCUT2D eigenvalue weighted by atomic mass is 35.5. The monoisotopic (exact) mass is 276 g/mol. The minimum Gasteiger partial charge on any atom is -0.118 e. The van der Waals surface area contributed by atoms with Crippen molar-refractivity contribution in [3.63, 3.8) is 0 Å². The second kappa shape index (κ2) is 5.81. The molecule has 18 heavy (non-hydrogen) atoms. The van der Waals surface area contributed by atoms with Gasteiger partial charge in [-0.15, -0.1) is 11.8 Å². The van der Waals surface area contributed by atoms with Gasteiger partial charge in [-0.1, -0.05) is 29.8 Å². The standard InChI is InChI=1S/C16H17ClS/c1-11-4-9-16(10-12(11)2)18-13(3)14-5-7-15(17)8-6-14/h4-10,13H,1-3H3. The molecule has 2 heteroatoms. The lowest BCUT2D eigenvalue weighted by Crippen LogP contribution is -1.89. The van der Waals surface area contributed by atoms with Crippen molar-refractivity contribution >= 4 is 23.4 Å². The average Bonchev–Trinajstić information content (AvgIpc) is 2.34. The van der Waals surface area contributed by atoms with E-state index in [0.717, 1.165) is 5.02 Å². The van der Waals surface area contributed by atoms with Crippen LogP contribution < -0.4 is 0 Å². The molecule has 0 amide bonds. The van der Waals surface area contributed by atoms with E-state index < -0.39 is 0 Å². The van der Waals surface area contributed by atoms with Crippen LogP contribution in [0, 0.1) is 13.8 Å². The smallest absolute Gasteiger partial charge is 0.0406 e. The Morgan fingerprint density at radius 3 is 2.22 bits per heavy atom. The summed E-state index contributed by atoms with van der Waals surface area (Å²) < 4.78 is 0. The molecular weight excluding hydrogens is 260 g/mol. The van der Waals surface area contributed by atoms with Crippen LogP contribution in [-0.4, -0.2) is 0 Å². The van der Waals surface area contributed by atoms with Crippen molar-refractivity contribution in [2.45, 2.75) is 30.9 Å². The van der Waals surface area contributed by atoms with Gasteiger partial charge < -0.3 is 0 Å². The maximum Gasteiger partial charge on any atom is 0.0406 e. The van der Waals surface area contributed by atoms with Gasteiger partial charge in [0, 0.05) is 15.2 Å². The van der Waals surface area contributed by atoms with Crippen LogP contribution in [-0.2, 0) is 0 Å². The Labute approximate surface area is 118 Å². The number of halogens is 1. The molecule has 2 aromatic carbocycles. The van der Waals surface area contributed by atoms with Crippen LogP contribution in [0.4, 0.5) is 0 Å². The SMILES string of the molecule is Cc1ccc(SC(C)c2ccc(Cl)cc2)cc1C. The molecule has 0 aliphatic carbocycles. The van der Waals surface area contributed by atoms with E-state index in [2.05, 4.69) is 51.1 Å². The van der Waals surface area contributed by atoms with Gasteiger partial charge in [-0.3, -0.25) is 0 Å². The van der Waals surface area contributed by atoms with Crippen molar-refractivity contribution < 1.29 is 0 Å². The summed E-state index contributed by atoms with van der Waals surface area (Å²) in [6.07, 6.45) is 0. The van der Waals surface area contributed by atoms with Crippen molar-refractivity contribution in [3.8, 4) is 0 Å². The maximum absolute atomic E-state index is 5.91. The highest BCUT2D eigenvalue weighted by molar-refractivity contribution is 7.99. The third kappa shape index (κ3) is 3.30.